The van der Waals surface area contributed by atoms with Crippen molar-refractivity contribution in [3.63, 3.8) is 0 Å². The highest BCUT2D eigenvalue weighted by Crippen LogP contribution is 3.07. The summed E-state index contributed by atoms with van der Waals surface area (Å²) in [5.74, 6) is 5.23. The maximum Gasteiger partial charge on any atom is 0.233 e. The van der Waals surface area contributed by atoms with E-state index in [1.807, 2.05) is 0 Å². The van der Waals surface area contributed by atoms with E-state index in [0.717, 1.165) is 23.7 Å². The largest absolute Gasteiger partial charge is 0.285 e. The summed E-state index contributed by atoms with van der Waals surface area (Å²) in [5.41, 5.74) is 1.42. The highest BCUT2D eigenvalue weighted by molar-refractivity contribution is 6.06. The first-order valence-electron chi connectivity index (χ1n) is 8.70. The lowest BCUT2D eigenvalue weighted by atomic mass is 9.01. The molecular weight excluding hydrogens is 262 g/mol. The molecule has 3 nitrogen and oxygen atoms in total. The van der Waals surface area contributed by atoms with Crippen LogP contribution in [-0.2, 0) is 9.59 Å². The summed E-state index contributed by atoms with van der Waals surface area (Å²) >= 11 is 0. The van der Waals surface area contributed by atoms with E-state index in [1.54, 1.807) is 7.05 Å². The van der Waals surface area contributed by atoms with Gasteiger partial charge in [0, 0.05) is 7.05 Å². The normalized spacial score (nSPS) is 72.0. The Kier molecular flexibility index (Phi) is 1.19. The second-order valence-electron chi connectivity index (χ2n) is 10.1. The Morgan fingerprint density at radius 1 is 0.857 bits per heavy atom. The molecule has 110 valence electrons. The van der Waals surface area contributed by atoms with Crippen LogP contribution in [0.1, 0.15) is 26.7 Å². The summed E-state index contributed by atoms with van der Waals surface area (Å²) in [4.78, 5) is 26.9. The van der Waals surface area contributed by atoms with Crippen molar-refractivity contribution in [2.45, 2.75) is 26.7 Å². The molecule has 0 aromatic carbocycles. The van der Waals surface area contributed by atoms with Gasteiger partial charge in [-0.2, -0.15) is 0 Å². The second kappa shape index (κ2) is 2.32. The maximum absolute atomic E-state index is 12.7. The molecule has 1 aliphatic heterocycles. The Bertz CT molecular complexity index is 641. The van der Waals surface area contributed by atoms with E-state index in [-0.39, 0.29) is 23.7 Å². The van der Waals surface area contributed by atoms with Crippen LogP contribution in [0.5, 0.6) is 0 Å². The van der Waals surface area contributed by atoms with Crippen molar-refractivity contribution in [1.82, 2.24) is 4.90 Å². The third-order valence-electron chi connectivity index (χ3n) is 9.67. The highest BCUT2D eigenvalue weighted by atomic mass is 16.2. The minimum atomic E-state index is 0.0771. The van der Waals surface area contributed by atoms with Crippen molar-refractivity contribution in [1.29, 1.82) is 0 Å². The molecule has 8 fully saturated rings. The molecule has 3 heteroatoms. The average molecular weight is 283 g/mol. The topological polar surface area (TPSA) is 37.4 Å². The van der Waals surface area contributed by atoms with Gasteiger partial charge in [-0.15, -0.1) is 0 Å². The monoisotopic (exact) mass is 283 g/mol. The molecule has 0 aromatic heterocycles. The number of carbonyl (C=O) groups excluding carboxylic acids is 2. The Morgan fingerprint density at radius 3 is 1.71 bits per heavy atom. The Morgan fingerprint density at radius 2 is 1.29 bits per heavy atom. The summed E-state index contributed by atoms with van der Waals surface area (Å²) in [6, 6.07) is 0. The van der Waals surface area contributed by atoms with Crippen molar-refractivity contribution < 1.29 is 9.59 Å². The zero-order valence-corrected chi connectivity index (χ0v) is 12.8. The van der Waals surface area contributed by atoms with E-state index in [4.69, 9.17) is 0 Å². The summed E-state index contributed by atoms with van der Waals surface area (Å²) in [6.45, 7) is 4.86. The van der Waals surface area contributed by atoms with E-state index in [9.17, 15) is 9.59 Å². The summed E-state index contributed by atoms with van der Waals surface area (Å²) < 4.78 is 0. The van der Waals surface area contributed by atoms with Crippen molar-refractivity contribution >= 4 is 11.8 Å². The summed E-state index contributed by atoms with van der Waals surface area (Å²) in [5, 5.41) is 0. The van der Waals surface area contributed by atoms with Crippen LogP contribution in [-0.4, -0.2) is 23.8 Å². The minimum Gasteiger partial charge on any atom is -0.285 e. The highest BCUT2D eigenvalue weighted by Gasteiger charge is 3.05. The molecule has 0 N–H and O–H groups in total. The molecule has 0 unspecified atom stereocenters. The minimum absolute atomic E-state index is 0.0771. The van der Waals surface area contributed by atoms with Gasteiger partial charge in [0.2, 0.25) is 11.8 Å². The molecule has 10 atom stereocenters. The lowest BCUT2D eigenvalue weighted by molar-refractivity contribution is -0.563. The zero-order valence-electron chi connectivity index (χ0n) is 12.8. The molecule has 8 aliphatic rings. The number of rotatable bonds is 0. The average Bonchev–Trinajstić information content (AvgIpc) is 2.76. The van der Waals surface area contributed by atoms with Crippen LogP contribution in [0.3, 0.4) is 0 Å². The third-order valence-corrected chi connectivity index (χ3v) is 9.67. The van der Waals surface area contributed by atoms with E-state index in [1.165, 1.54) is 17.7 Å². The number of amides is 2. The molecule has 1 saturated heterocycles. The Hall–Kier alpha value is -0.860. The van der Waals surface area contributed by atoms with Gasteiger partial charge in [-0.25, -0.2) is 0 Å². The van der Waals surface area contributed by atoms with Gasteiger partial charge in [-0.1, -0.05) is 13.8 Å². The van der Waals surface area contributed by atoms with E-state index in [2.05, 4.69) is 13.8 Å². The van der Waals surface area contributed by atoms with Crippen LogP contribution < -0.4 is 0 Å². The number of nitrogens with zero attached hydrogens (tertiary/aromatic N) is 1. The second-order valence-corrected chi connectivity index (χ2v) is 10.1. The van der Waals surface area contributed by atoms with Crippen LogP contribution in [0.4, 0.5) is 0 Å². The van der Waals surface area contributed by atoms with Crippen molar-refractivity contribution in [2.24, 2.45) is 63.6 Å². The van der Waals surface area contributed by atoms with Crippen molar-refractivity contribution in [3.05, 3.63) is 0 Å². The predicted molar refractivity (Wildman–Crippen MR) is 73.6 cm³/mol. The van der Waals surface area contributed by atoms with Crippen LogP contribution >= 0.6 is 0 Å². The number of imide groups is 1. The van der Waals surface area contributed by atoms with Crippen LogP contribution in [0.25, 0.3) is 0 Å². The van der Waals surface area contributed by atoms with E-state index in [0.29, 0.717) is 28.1 Å². The lowest BCUT2D eigenvalue weighted by Gasteiger charge is -3.02. The van der Waals surface area contributed by atoms with Gasteiger partial charge in [-0.3, -0.25) is 14.5 Å². The fourth-order valence-electron chi connectivity index (χ4n) is 10.3. The number of carbonyl (C=O) groups is 2. The van der Waals surface area contributed by atoms with Gasteiger partial charge in [0.25, 0.3) is 0 Å². The number of hydrogen-bond acceptors (Lipinski definition) is 2. The Labute approximate surface area is 124 Å². The molecule has 7 saturated carbocycles. The molecule has 1 heterocycles. The van der Waals surface area contributed by atoms with Crippen molar-refractivity contribution in [2.75, 3.05) is 7.05 Å². The predicted octanol–water partition coefficient (Wildman–Crippen LogP) is 1.78. The molecule has 7 aliphatic carbocycles. The first-order chi connectivity index (χ1) is 9.88. The van der Waals surface area contributed by atoms with Gasteiger partial charge in [-0.05, 0) is 64.6 Å². The molecular formula is C18H21NO2. The quantitative estimate of drug-likeness (QED) is 0.635. The smallest absolute Gasteiger partial charge is 0.233 e. The zero-order chi connectivity index (χ0) is 14.3. The molecule has 2 spiro atoms. The van der Waals surface area contributed by atoms with Crippen LogP contribution in [0.15, 0.2) is 0 Å². The van der Waals surface area contributed by atoms with E-state index >= 15 is 0 Å². The van der Waals surface area contributed by atoms with Crippen LogP contribution in [0, 0.1) is 63.6 Å². The molecule has 8 rings (SSSR count). The SMILES string of the molecule is CN1C(=O)[C@H]2[C@H](C1=O)[C@H]1[C@H]3[C@@H]4[C@@H]2[C@@]25CC(C)(C)C[C@]12[C@@H]3[C@H]45. The van der Waals surface area contributed by atoms with Gasteiger partial charge < -0.3 is 0 Å². The lowest BCUT2D eigenvalue weighted by Crippen LogP contribution is -3.00. The molecule has 2 amide bonds. The van der Waals surface area contributed by atoms with Gasteiger partial charge >= 0.3 is 0 Å². The van der Waals surface area contributed by atoms with E-state index < -0.39 is 0 Å². The first kappa shape index (κ1) is 10.8. The Balaban J connectivity index is 1.49. The maximum atomic E-state index is 12.7. The molecule has 21 heavy (non-hydrogen) atoms. The van der Waals surface area contributed by atoms with Crippen molar-refractivity contribution in [3.8, 4) is 0 Å². The summed E-state index contributed by atoms with van der Waals surface area (Å²) in [6.07, 6.45) is 2.67. The number of likely N-dealkylation sites (tertiary alicyclic amines) is 1. The number of hydrogen-bond donors (Lipinski definition) is 0. The standard InChI is InChI=1S/C18H21NO2/c1-16(2)4-17-10-6-7-11(18(17,5-16)13(7)12(6)17)9-8(10)14(20)19(3)15(9)21/h6-13H,4-5H2,1-3H3/t6-,7-,8+,9+,10-,11+,12+,13+,17-,18-/m1/s1. The van der Waals surface area contributed by atoms with Gasteiger partial charge in [0.05, 0.1) is 11.8 Å². The molecule has 2 bridgehead atoms. The summed E-state index contributed by atoms with van der Waals surface area (Å²) in [7, 11) is 1.72. The molecule has 0 radical (unpaired) electrons. The molecule has 0 aromatic rings. The van der Waals surface area contributed by atoms with Gasteiger partial charge in [0.1, 0.15) is 0 Å². The van der Waals surface area contributed by atoms with Crippen LogP contribution in [0.2, 0.25) is 0 Å². The third kappa shape index (κ3) is 0.608. The first-order valence-corrected chi connectivity index (χ1v) is 8.70. The fraction of sp³-hybridized carbons (Fsp3) is 0.889. The van der Waals surface area contributed by atoms with Gasteiger partial charge in [0.15, 0.2) is 0 Å². The fourth-order valence-corrected chi connectivity index (χ4v) is 10.3.